The maximum atomic E-state index is 12.5. The number of benzene rings is 2. The van der Waals surface area contributed by atoms with Crippen LogP contribution in [0.25, 0.3) is 10.9 Å². The Kier molecular flexibility index (Phi) is 5.91. The number of hydrogen-bond acceptors (Lipinski definition) is 3. The summed E-state index contributed by atoms with van der Waals surface area (Å²) in [7, 11) is 0. The van der Waals surface area contributed by atoms with Crippen molar-refractivity contribution in [2.45, 2.75) is 31.9 Å². The van der Waals surface area contributed by atoms with Crippen LogP contribution in [0.3, 0.4) is 0 Å². The number of aromatic nitrogens is 1. The number of carbonyl (C=O) groups is 2. The predicted octanol–water partition coefficient (Wildman–Crippen LogP) is 3.58. The summed E-state index contributed by atoms with van der Waals surface area (Å²) in [6.07, 6.45) is 4.16. The lowest BCUT2D eigenvalue weighted by atomic mass is 10.1. The lowest BCUT2D eigenvalue weighted by molar-refractivity contribution is -0.124. The first kappa shape index (κ1) is 19.2. The number of anilines is 1. The first-order valence-corrected chi connectivity index (χ1v) is 10.1. The third-order valence-electron chi connectivity index (χ3n) is 5.16. The quantitative estimate of drug-likeness (QED) is 0.605. The van der Waals surface area contributed by atoms with Crippen molar-refractivity contribution in [1.29, 1.82) is 0 Å². The van der Waals surface area contributed by atoms with E-state index in [-0.39, 0.29) is 11.8 Å². The Morgan fingerprint density at radius 1 is 1.10 bits per heavy atom. The molecule has 0 radical (unpaired) electrons. The Balaban J connectivity index is 1.27. The minimum Gasteiger partial charge on any atom is -0.368 e. The van der Waals surface area contributed by atoms with Gasteiger partial charge in [0.05, 0.1) is 0 Å². The molecule has 1 aliphatic heterocycles. The number of rotatable bonds is 7. The summed E-state index contributed by atoms with van der Waals surface area (Å²) in [6, 6.07) is 17.4. The summed E-state index contributed by atoms with van der Waals surface area (Å²) >= 11 is 0. The van der Waals surface area contributed by atoms with E-state index < -0.39 is 6.10 Å². The van der Waals surface area contributed by atoms with E-state index in [4.69, 9.17) is 4.74 Å². The second-order valence-corrected chi connectivity index (χ2v) is 7.25. The summed E-state index contributed by atoms with van der Waals surface area (Å²) < 4.78 is 7.59. The lowest BCUT2D eigenvalue weighted by Gasteiger charge is -2.12. The van der Waals surface area contributed by atoms with Crippen LogP contribution >= 0.6 is 0 Å². The van der Waals surface area contributed by atoms with Crippen molar-refractivity contribution in [3.05, 3.63) is 66.4 Å². The number of carbonyl (C=O) groups excluding carboxylic acids is 2. The average Bonchev–Trinajstić information content (AvgIpc) is 3.42. The van der Waals surface area contributed by atoms with Crippen LogP contribution in [-0.2, 0) is 16.1 Å². The molecular formula is C23H25N3O3. The van der Waals surface area contributed by atoms with Gasteiger partial charge in [0, 0.05) is 42.7 Å². The lowest BCUT2D eigenvalue weighted by Crippen LogP contribution is -2.27. The molecule has 150 valence electrons. The van der Waals surface area contributed by atoms with Gasteiger partial charge in [-0.3, -0.25) is 9.59 Å². The van der Waals surface area contributed by atoms with Crippen molar-refractivity contribution in [3.63, 3.8) is 0 Å². The molecule has 6 nitrogen and oxygen atoms in total. The fourth-order valence-electron chi connectivity index (χ4n) is 3.63. The highest BCUT2D eigenvalue weighted by molar-refractivity contribution is 5.98. The molecule has 0 aliphatic carbocycles. The van der Waals surface area contributed by atoms with E-state index in [1.807, 2.05) is 12.1 Å². The molecule has 0 bridgehead atoms. The van der Waals surface area contributed by atoms with Gasteiger partial charge in [0.2, 0.25) is 0 Å². The highest BCUT2D eigenvalue weighted by Crippen LogP contribution is 2.17. The predicted molar refractivity (Wildman–Crippen MR) is 113 cm³/mol. The molecule has 29 heavy (non-hydrogen) atoms. The van der Waals surface area contributed by atoms with Crippen LogP contribution < -0.4 is 10.6 Å². The molecule has 2 heterocycles. The van der Waals surface area contributed by atoms with Crippen molar-refractivity contribution in [3.8, 4) is 0 Å². The molecule has 2 amide bonds. The molecule has 1 aliphatic rings. The van der Waals surface area contributed by atoms with Gasteiger partial charge >= 0.3 is 0 Å². The standard InChI is InChI=1S/C23H25N3O3/c27-22(24-12-5-13-26-14-11-17-6-1-2-9-20(17)26)18-7-3-8-19(16-18)25-23(28)21-10-4-15-29-21/h1-3,6-9,11,14,16,21H,4-5,10,12-13,15H2,(H,24,27)(H,25,28). The molecular weight excluding hydrogens is 366 g/mol. The maximum absolute atomic E-state index is 12.5. The number of para-hydroxylation sites is 1. The molecule has 0 saturated carbocycles. The van der Waals surface area contributed by atoms with Crippen LogP contribution in [0.4, 0.5) is 5.69 Å². The molecule has 3 aromatic rings. The van der Waals surface area contributed by atoms with Crippen molar-refractivity contribution in [2.75, 3.05) is 18.5 Å². The molecule has 4 rings (SSSR count). The average molecular weight is 391 g/mol. The Morgan fingerprint density at radius 3 is 2.86 bits per heavy atom. The number of ether oxygens (including phenoxy) is 1. The summed E-state index contributed by atoms with van der Waals surface area (Å²) in [5.74, 6) is -0.297. The Labute approximate surface area is 169 Å². The fraction of sp³-hybridized carbons (Fsp3) is 0.304. The number of aryl methyl sites for hydroxylation is 1. The van der Waals surface area contributed by atoms with Gasteiger partial charge in [0.15, 0.2) is 0 Å². The topological polar surface area (TPSA) is 72.4 Å². The Bertz CT molecular complexity index is 1010. The largest absolute Gasteiger partial charge is 0.368 e. The van der Waals surface area contributed by atoms with Crippen LogP contribution in [0.2, 0.25) is 0 Å². The third kappa shape index (κ3) is 4.66. The zero-order valence-corrected chi connectivity index (χ0v) is 16.3. The van der Waals surface area contributed by atoms with Crippen LogP contribution in [0.5, 0.6) is 0 Å². The summed E-state index contributed by atoms with van der Waals surface area (Å²) in [5, 5.41) is 7.01. The van der Waals surface area contributed by atoms with Gasteiger partial charge in [-0.25, -0.2) is 0 Å². The van der Waals surface area contributed by atoms with Crippen molar-refractivity contribution in [2.24, 2.45) is 0 Å². The van der Waals surface area contributed by atoms with E-state index in [1.165, 1.54) is 10.9 Å². The summed E-state index contributed by atoms with van der Waals surface area (Å²) in [5.41, 5.74) is 2.34. The molecule has 6 heteroatoms. The Morgan fingerprint density at radius 2 is 2.00 bits per heavy atom. The SMILES string of the molecule is O=C(NCCCn1ccc2ccccc21)c1cccc(NC(=O)C2CCCO2)c1. The van der Waals surface area contributed by atoms with E-state index in [2.05, 4.69) is 39.6 Å². The molecule has 2 aromatic carbocycles. The number of nitrogens with zero attached hydrogens (tertiary/aromatic N) is 1. The summed E-state index contributed by atoms with van der Waals surface area (Å²) in [6.45, 7) is 2.04. The third-order valence-corrected chi connectivity index (χ3v) is 5.16. The van der Waals surface area contributed by atoms with Gasteiger partial charge in [-0.05, 0) is 55.0 Å². The van der Waals surface area contributed by atoms with Crippen molar-refractivity contribution >= 4 is 28.4 Å². The van der Waals surface area contributed by atoms with Gasteiger partial charge in [0.25, 0.3) is 11.8 Å². The van der Waals surface area contributed by atoms with Crippen LogP contribution in [0.15, 0.2) is 60.8 Å². The molecule has 1 atom stereocenters. The van der Waals surface area contributed by atoms with E-state index in [9.17, 15) is 9.59 Å². The van der Waals surface area contributed by atoms with Crippen LogP contribution in [-0.4, -0.2) is 35.6 Å². The smallest absolute Gasteiger partial charge is 0.253 e. The maximum Gasteiger partial charge on any atom is 0.253 e. The second-order valence-electron chi connectivity index (χ2n) is 7.25. The zero-order chi connectivity index (χ0) is 20.1. The van der Waals surface area contributed by atoms with Crippen LogP contribution in [0, 0.1) is 0 Å². The van der Waals surface area contributed by atoms with E-state index in [1.54, 1.807) is 24.3 Å². The van der Waals surface area contributed by atoms with E-state index in [0.717, 1.165) is 25.8 Å². The van der Waals surface area contributed by atoms with Gasteiger partial charge in [-0.15, -0.1) is 0 Å². The highest BCUT2D eigenvalue weighted by Gasteiger charge is 2.23. The number of amides is 2. The van der Waals surface area contributed by atoms with Crippen molar-refractivity contribution < 1.29 is 14.3 Å². The zero-order valence-electron chi connectivity index (χ0n) is 16.3. The monoisotopic (exact) mass is 391 g/mol. The minimum atomic E-state index is -0.391. The van der Waals surface area contributed by atoms with Crippen molar-refractivity contribution in [1.82, 2.24) is 9.88 Å². The minimum absolute atomic E-state index is 0.143. The van der Waals surface area contributed by atoms with Gasteiger partial charge < -0.3 is 19.9 Å². The number of fused-ring (bicyclic) bond motifs is 1. The first-order valence-electron chi connectivity index (χ1n) is 10.1. The van der Waals surface area contributed by atoms with Gasteiger partial charge in [-0.1, -0.05) is 24.3 Å². The van der Waals surface area contributed by atoms with E-state index >= 15 is 0 Å². The number of nitrogens with one attached hydrogen (secondary N) is 2. The first-order chi connectivity index (χ1) is 14.2. The fourth-order valence-corrected chi connectivity index (χ4v) is 3.63. The van der Waals surface area contributed by atoms with Gasteiger partial charge in [-0.2, -0.15) is 0 Å². The van der Waals surface area contributed by atoms with E-state index in [0.29, 0.717) is 24.4 Å². The van der Waals surface area contributed by atoms with Crippen LogP contribution in [0.1, 0.15) is 29.6 Å². The molecule has 0 spiro atoms. The normalized spacial score (nSPS) is 16.1. The highest BCUT2D eigenvalue weighted by atomic mass is 16.5. The molecule has 1 unspecified atom stereocenters. The summed E-state index contributed by atoms with van der Waals surface area (Å²) in [4.78, 5) is 24.6. The van der Waals surface area contributed by atoms with Gasteiger partial charge in [0.1, 0.15) is 6.10 Å². The number of hydrogen-bond donors (Lipinski definition) is 2. The molecule has 2 N–H and O–H groups in total. The Hall–Kier alpha value is -3.12. The molecule has 1 aromatic heterocycles. The molecule has 1 saturated heterocycles. The molecule has 1 fully saturated rings. The second kappa shape index (κ2) is 8.92.